The third kappa shape index (κ3) is 1.79. The lowest BCUT2D eigenvalue weighted by atomic mass is 10.1. The number of fused-ring (bicyclic) bond motifs is 15. The largest absolute Gasteiger partial charge is 0.133 e. The molecule has 0 bridgehead atoms. The highest BCUT2D eigenvalue weighted by molar-refractivity contribution is 7.61. The van der Waals surface area contributed by atoms with Gasteiger partial charge in [0.1, 0.15) is 0 Å². The van der Waals surface area contributed by atoms with E-state index < -0.39 is 0 Å². The summed E-state index contributed by atoms with van der Waals surface area (Å²) in [5.41, 5.74) is 0. The first-order valence-electron chi connectivity index (χ1n) is 8.73. The molecule has 0 spiro atoms. The Morgan fingerprint density at radius 2 is 0.655 bits per heavy atom. The van der Waals surface area contributed by atoms with Crippen molar-refractivity contribution in [2.75, 3.05) is 0 Å². The fourth-order valence-electron chi connectivity index (χ4n) is 4.46. The van der Waals surface area contributed by atoms with Gasteiger partial charge >= 0.3 is 0 Å². The summed E-state index contributed by atoms with van der Waals surface area (Å²) in [7, 11) is 0. The third-order valence-electron chi connectivity index (χ3n) is 5.57. The lowest BCUT2D eigenvalue weighted by Gasteiger charge is -1.89. The molecule has 0 fully saturated rings. The first-order valence-corrected chi connectivity index (χ1v) is 16.2. The molecule has 0 aromatic carbocycles. The van der Waals surface area contributed by atoms with Crippen molar-refractivity contribution in [1.29, 1.82) is 0 Å². The van der Waals surface area contributed by atoms with Crippen LogP contribution in [0.5, 0.6) is 0 Å². The molecule has 9 aromatic heterocycles. The van der Waals surface area contributed by atoms with E-state index in [9.17, 15) is 0 Å². The summed E-state index contributed by atoms with van der Waals surface area (Å²) in [5.74, 6) is 0. The van der Waals surface area contributed by atoms with E-state index in [-0.39, 0.29) is 0 Å². The molecule has 0 saturated heterocycles. The van der Waals surface area contributed by atoms with Crippen LogP contribution in [0.2, 0.25) is 0 Å². The van der Waals surface area contributed by atoms with Gasteiger partial charge in [-0.05, 0) is 22.9 Å². The van der Waals surface area contributed by atoms with Crippen LogP contribution in [0.1, 0.15) is 0 Å². The predicted octanol–water partition coefficient (Wildman–Crippen LogP) is 11.5. The fraction of sp³-hybridized carbons (Fsp3) is 0. The molecule has 0 atom stereocenters. The van der Waals surface area contributed by atoms with Gasteiger partial charge < -0.3 is 0 Å². The molecule has 0 aliphatic carbocycles. The van der Waals surface area contributed by atoms with Crippen LogP contribution < -0.4 is 0 Å². The summed E-state index contributed by atoms with van der Waals surface area (Å²) in [6.07, 6.45) is 0. The van der Waals surface area contributed by atoms with Crippen molar-refractivity contribution in [1.82, 2.24) is 0 Å². The monoisotopic (exact) mass is 532 g/mol. The number of hydrogen-bond acceptors (Lipinski definition) is 9. The number of hydrogen-bond donors (Lipinski definition) is 0. The van der Waals surface area contributed by atoms with Crippen LogP contribution in [0.3, 0.4) is 0 Å². The van der Waals surface area contributed by atoms with Crippen molar-refractivity contribution < 1.29 is 0 Å². The zero-order valence-electron chi connectivity index (χ0n) is 14.0. The van der Waals surface area contributed by atoms with Crippen LogP contribution in [-0.4, -0.2) is 0 Å². The van der Waals surface area contributed by atoms with Crippen LogP contribution in [0.25, 0.3) is 75.2 Å². The molecular formula is C20H4S9. The second kappa shape index (κ2) is 5.23. The summed E-state index contributed by atoms with van der Waals surface area (Å²) >= 11 is 17.8. The van der Waals surface area contributed by atoms with Crippen molar-refractivity contribution in [3.63, 3.8) is 0 Å². The lowest BCUT2D eigenvalue weighted by molar-refractivity contribution is 2.21. The Balaban J connectivity index is 1.63. The molecule has 0 N–H and O–H groups in total. The Labute approximate surface area is 198 Å². The van der Waals surface area contributed by atoms with E-state index in [1.54, 1.807) is 10.8 Å². The van der Waals surface area contributed by atoms with E-state index in [0.717, 1.165) is 0 Å². The Kier molecular flexibility index (Phi) is 2.90. The Morgan fingerprint density at radius 3 is 1.07 bits per heavy atom. The van der Waals surface area contributed by atoms with Crippen molar-refractivity contribution in [3.05, 3.63) is 22.9 Å². The Bertz CT molecular complexity index is 1920. The van der Waals surface area contributed by atoms with Crippen molar-refractivity contribution >= 4 is 177 Å². The van der Waals surface area contributed by atoms with Gasteiger partial charge in [0.05, 0.1) is 32.1 Å². The maximum atomic E-state index is 2.33. The molecule has 9 heteroatoms. The van der Waals surface area contributed by atoms with E-state index in [1.165, 1.54) is 64.4 Å². The summed E-state index contributed by atoms with van der Waals surface area (Å²) in [5, 5.41) is 16.7. The fourth-order valence-corrected chi connectivity index (χ4v) is 17.5. The average molecular weight is 533 g/mol. The summed E-state index contributed by atoms with van der Waals surface area (Å²) < 4.78 is 12.0. The first kappa shape index (κ1) is 16.1. The van der Waals surface area contributed by atoms with Gasteiger partial charge in [-0.1, -0.05) is 0 Å². The molecule has 0 saturated carbocycles. The SMILES string of the molecule is c1cc2c(s1)sc1sc3sc4sc5sc6sc7sc8sccc8c7c6c5c4c3c12. The quantitative estimate of drug-likeness (QED) is 0.182. The van der Waals surface area contributed by atoms with Crippen molar-refractivity contribution in [2.24, 2.45) is 0 Å². The minimum absolute atomic E-state index is 1.47. The molecule has 29 heavy (non-hydrogen) atoms. The maximum Gasteiger partial charge on any atom is 0.0908 e. The van der Waals surface area contributed by atoms with E-state index in [2.05, 4.69) is 22.9 Å². The second-order valence-corrected chi connectivity index (χ2v) is 18.0. The molecule has 9 heterocycles. The highest BCUT2D eigenvalue weighted by Gasteiger charge is 2.25. The van der Waals surface area contributed by atoms with Crippen LogP contribution in [0.4, 0.5) is 0 Å². The van der Waals surface area contributed by atoms with Gasteiger partial charge in [0.25, 0.3) is 0 Å². The summed E-state index contributed by atoms with van der Waals surface area (Å²) in [4.78, 5) is 0. The topological polar surface area (TPSA) is 0 Å². The zero-order chi connectivity index (χ0) is 18.4. The zero-order valence-corrected chi connectivity index (χ0v) is 21.3. The third-order valence-corrected chi connectivity index (χ3v) is 16.5. The van der Waals surface area contributed by atoms with E-state index in [4.69, 9.17) is 0 Å². The smallest absolute Gasteiger partial charge is 0.0908 e. The number of rotatable bonds is 0. The maximum absolute atomic E-state index is 2.33. The van der Waals surface area contributed by atoms with Gasteiger partial charge in [-0.2, -0.15) is 0 Å². The molecule has 0 aliphatic heterocycles. The Morgan fingerprint density at radius 1 is 0.345 bits per heavy atom. The van der Waals surface area contributed by atoms with Gasteiger partial charge in [-0.3, -0.25) is 0 Å². The molecule has 138 valence electrons. The molecule has 0 nitrogen and oxygen atoms in total. The van der Waals surface area contributed by atoms with Gasteiger partial charge in [-0.25, -0.2) is 0 Å². The highest BCUT2D eigenvalue weighted by Crippen LogP contribution is 2.59. The van der Waals surface area contributed by atoms with Gasteiger partial charge in [0, 0.05) is 43.1 Å². The molecular weight excluding hydrogens is 529 g/mol. The molecule has 0 aliphatic rings. The minimum Gasteiger partial charge on any atom is -0.133 e. The summed E-state index contributed by atoms with van der Waals surface area (Å²) in [6, 6.07) is 4.66. The molecule has 0 unspecified atom stereocenters. The van der Waals surface area contributed by atoms with E-state index in [0.29, 0.717) is 0 Å². The van der Waals surface area contributed by atoms with Crippen LogP contribution in [0, 0.1) is 0 Å². The normalized spacial score (nSPS) is 13.5. The van der Waals surface area contributed by atoms with Crippen LogP contribution in [0.15, 0.2) is 22.9 Å². The Hall–Kier alpha value is -0.620. The van der Waals surface area contributed by atoms with Crippen molar-refractivity contribution in [3.8, 4) is 0 Å². The van der Waals surface area contributed by atoms with Crippen molar-refractivity contribution in [2.45, 2.75) is 0 Å². The number of thiophene rings is 9. The van der Waals surface area contributed by atoms with E-state index in [1.807, 2.05) is 102 Å². The second-order valence-electron chi connectivity index (χ2n) is 6.93. The molecule has 0 radical (unpaired) electrons. The average Bonchev–Trinajstić information content (AvgIpc) is 3.45. The minimum atomic E-state index is 1.47. The standard InChI is InChI=1S/C20H4S9/c1-3-21-13-5(1)7-9-11-12-10-8-6-2-4-22-14(6)24-16(8)26-18(10)28-20(12)29-19(11)27-17(9)25-15(7)23-13/h1-4H. The van der Waals surface area contributed by atoms with Gasteiger partial charge in [-0.15, -0.1) is 102 Å². The van der Waals surface area contributed by atoms with Crippen LogP contribution in [-0.2, 0) is 0 Å². The highest BCUT2D eigenvalue weighted by atomic mass is 32.2. The summed E-state index contributed by atoms with van der Waals surface area (Å²) in [6.45, 7) is 0. The van der Waals surface area contributed by atoms with Crippen LogP contribution >= 0.6 is 102 Å². The van der Waals surface area contributed by atoms with Gasteiger partial charge in [0.2, 0.25) is 0 Å². The predicted molar refractivity (Wildman–Crippen MR) is 147 cm³/mol. The molecule has 9 aromatic rings. The molecule has 9 rings (SSSR count). The molecule has 0 amide bonds. The van der Waals surface area contributed by atoms with Gasteiger partial charge in [0.15, 0.2) is 0 Å². The lowest BCUT2D eigenvalue weighted by Crippen LogP contribution is -1.62. The first-order chi connectivity index (χ1) is 14.3. The van der Waals surface area contributed by atoms with E-state index >= 15 is 0 Å².